The van der Waals surface area contributed by atoms with Crippen LogP contribution in [-0.2, 0) is 4.79 Å². The van der Waals surface area contributed by atoms with Gasteiger partial charge in [0.2, 0.25) is 5.91 Å². The van der Waals surface area contributed by atoms with Crippen LogP contribution in [0.15, 0.2) is 24.3 Å². The lowest BCUT2D eigenvalue weighted by Crippen LogP contribution is -2.46. The number of nitrogens with one attached hydrogen (secondary N) is 1. The van der Waals surface area contributed by atoms with Gasteiger partial charge in [-0.2, -0.15) is 0 Å². The zero-order valence-corrected chi connectivity index (χ0v) is 10.5. The lowest BCUT2D eigenvalue weighted by atomic mass is 10.0. The molecule has 0 aliphatic heterocycles. The first kappa shape index (κ1) is 14.6. The highest BCUT2D eigenvalue weighted by Crippen LogP contribution is 2.17. The molecule has 0 unspecified atom stereocenters. The van der Waals surface area contributed by atoms with Crippen LogP contribution >= 0.6 is 0 Å². The number of rotatable bonds is 5. The van der Waals surface area contributed by atoms with Crippen molar-refractivity contribution in [3.63, 3.8) is 0 Å². The molecule has 0 bridgehead atoms. The van der Waals surface area contributed by atoms with Crippen molar-refractivity contribution < 1.29 is 19.4 Å². The Morgan fingerprint density at radius 3 is 2.72 bits per heavy atom. The molecule has 0 fully saturated rings. The van der Waals surface area contributed by atoms with E-state index in [-0.39, 0.29) is 13.0 Å². The van der Waals surface area contributed by atoms with Crippen LogP contribution in [0.5, 0.6) is 0 Å². The molecule has 5 heteroatoms. The second-order valence-corrected chi connectivity index (χ2v) is 4.87. The Balaban J connectivity index is 2.60. The Morgan fingerprint density at radius 2 is 2.17 bits per heavy atom. The van der Waals surface area contributed by atoms with Crippen molar-refractivity contribution in [2.75, 3.05) is 6.61 Å². The SMILES string of the molecule is CC(C)(CO)NC(=O)C[C@H](O)c1cccc(F)c1. The van der Waals surface area contributed by atoms with E-state index in [2.05, 4.69) is 5.32 Å². The standard InChI is InChI=1S/C13H18FNO3/c1-13(2,8-16)15-12(18)7-11(17)9-4-3-5-10(14)6-9/h3-6,11,16-17H,7-8H2,1-2H3,(H,15,18)/t11-/m0/s1. The number of hydrogen-bond acceptors (Lipinski definition) is 3. The number of aliphatic hydroxyl groups excluding tert-OH is 2. The summed E-state index contributed by atoms with van der Waals surface area (Å²) < 4.78 is 12.9. The van der Waals surface area contributed by atoms with Crippen molar-refractivity contribution >= 4 is 5.91 Å². The zero-order chi connectivity index (χ0) is 13.8. The van der Waals surface area contributed by atoms with E-state index in [1.54, 1.807) is 19.9 Å². The number of carbonyl (C=O) groups excluding carboxylic acids is 1. The monoisotopic (exact) mass is 255 g/mol. The fraction of sp³-hybridized carbons (Fsp3) is 0.462. The Kier molecular flexibility index (Phi) is 4.81. The fourth-order valence-electron chi connectivity index (χ4n) is 1.48. The van der Waals surface area contributed by atoms with E-state index in [1.807, 2.05) is 0 Å². The van der Waals surface area contributed by atoms with Crippen molar-refractivity contribution in [2.24, 2.45) is 0 Å². The van der Waals surface area contributed by atoms with E-state index in [4.69, 9.17) is 5.11 Å². The topological polar surface area (TPSA) is 69.6 Å². The first-order chi connectivity index (χ1) is 8.34. The molecule has 4 nitrogen and oxygen atoms in total. The molecule has 1 amide bonds. The third kappa shape index (κ3) is 4.43. The fourth-order valence-corrected chi connectivity index (χ4v) is 1.48. The number of amides is 1. The van der Waals surface area contributed by atoms with E-state index in [0.29, 0.717) is 5.56 Å². The van der Waals surface area contributed by atoms with Gasteiger partial charge in [0.05, 0.1) is 24.7 Å². The van der Waals surface area contributed by atoms with Gasteiger partial charge >= 0.3 is 0 Å². The Morgan fingerprint density at radius 1 is 1.50 bits per heavy atom. The van der Waals surface area contributed by atoms with E-state index in [9.17, 15) is 14.3 Å². The molecule has 0 radical (unpaired) electrons. The van der Waals surface area contributed by atoms with Gasteiger partial charge < -0.3 is 15.5 Å². The summed E-state index contributed by atoms with van der Waals surface area (Å²) in [5.41, 5.74) is -0.384. The second-order valence-electron chi connectivity index (χ2n) is 4.87. The van der Waals surface area contributed by atoms with Gasteiger partial charge in [-0.05, 0) is 31.5 Å². The van der Waals surface area contributed by atoms with Gasteiger partial charge in [0.1, 0.15) is 5.82 Å². The van der Waals surface area contributed by atoms with Crippen molar-refractivity contribution in [2.45, 2.75) is 31.9 Å². The summed E-state index contributed by atoms with van der Waals surface area (Å²) in [6.45, 7) is 3.13. The smallest absolute Gasteiger partial charge is 0.223 e. The maximum absolute atomic E-state index is 12.9. The Labute approximate surface area is 105 Å². The van der Waals surface area contributed by atoms with Crippen LogP contribution < -0.4 is 5.32 Å². The average molecular weight is 255 g/mol. The minimum Gasteiger partial charge on any atom is -0.394 e. The van der Waals surface area contributed by atoms with E-state index in [1.165, 1.54) is 18.2 Å². The number of benzene rings is 1. The zero-order valence-electron chi connectivity index (χ0n) is 10.5. The summed E-state index contributed by atoms with van der Waals surface area (Å²) in [5.74, 6) is -0.853. The summed E-state index contributed by atoms with van der Waals surface area (Å²) in [5, 5.41) is 21.4. The molecule has 0 heterocycles. The van der Waals surface area contributed by atoms with Gasteiger partial charge in [0.15, 0.2) is 0 Å². The van der Waals surface area contributed by atoms with Crippen LogP contribution in [0.2, 0.25) is 0 Å². The molecule has 0 spiro atoms. The number of aliphatic hydroxyl groups is 2. The van der Waals surface area contributed by atoms with E-state index in [0.717, 1.165) is 0 Å². The van der Waals surface area contributed by atoms with Crippen LogP contribution in [-0.4, -0.2) is 28.3 Å². The molecule has 0 aromatic heterocycles. The van der Waals surface area contributed by atoms with Gasteiger partial charge in [0, 0.05) is 0 Å². The molecule has 1 aromatic rings. The minimum atomic E-state index is -1.06. The van der Waals surface area contributed by atoms with Crippen LogP contribution in [0, 0.1) is 5.82 Å². The lowest BCUT2D eigenvalue weighted by Gasteiger charge is -2.24. The second kappa shape index (κ2) is 5.93. The third-order valence-corrected chi connectivity index (χ3v) is 2.49. The van der Waals surface area contributed by atoms with Crippen molar-refractivity contribution in [3.8, 4) is 0 Å². The molecule has 1 aromatic carbocycles. The average Bonchev–Trinajstić information content (AvgIpc) is 2.28. The highest BCUT2D eigenvalue weighted by molar-refractivity contribution is 5.77. The maximum Gasteiger partial charge on any atom is 0.223 e. The molecule has 0 saturated heterocycles. The predicted octanol–water partition coefficient (Wildman–Crippen LogP) is 1.14. The molecule has 18 heavy (non-hydrogen) atoms. The first-order valence-electron chi connectivity index (χ1n) is 5.69. The van der Waals surface area contributed by atoms with Gasteiger partial charge in [-0.1, -0.05) is 12.1 Å². The summed E-state index contributed by atoms with van der Waals surface area (Å²) >= 11 is 0. The molecular formula is C13H18FNO3. The van der Waals surface area contributed by atoms with Gasteiger partial charge in [-0.25, -0.2) is 4.39 Å². The Hall–Kier alpha value is -1.46. The summed E-state index contributed by atoms with van der Waals surface area (Å²) in [4.78, 5) is 11.6. The molecule has 1 rings (SSSR count). The normalized spacial score (nSPS) is 13.2. The van der Waals surface area contributed by atoms with Crippen molar-refractivity contribution in [1.29, 1.82) is 0 Å². The molecular weight excluding hydrogens is 237 g/mol. The molecule has 1 atom stereocenters. The largest absolute Gasteiger partial charge is 0.394 e. The highest BCUT2D eigenvalue weighted by Gasteiger charge is 2.21. The van der Waals surface area contributed by atoms with Gasteiger partial charge in [0.25, 0.3) is 0 Å². The quantitative estimate of drug-likeness (QED) is 0.739. The summed E-state index contributed by atoms with van der Waals surface area (Å²) in [7, 11) is 0. The summed E-state index contributed by atoms with van der Waals surface area (Å²) in [6.07, 6.45) is -1.23. The number of carbonyl (C=O) groups is 1. The molecule has 100 valence electrons. The van der Waals surface area contributed by atoms with Crippen LogP contribution in [0.25, 0.3) is 0 Å². The van der Waals surface area contributed by atoms with Crippen molar-refractivity contribution in [1.82, 2.24) is 5.32 Å². The van der Waals surface area contributed by atoms with Gasteiger partial charge in [-0.15, -0.1) is 0 Å². The van der Waals surface area contributed by atoms with Crippen LogP contribution in [0.4, 0.5) is 4.39 Å². The molecule has 0 saturated carbocycles. The van der Waals surface area contributed by atoms with E-state index < -0.39 is 23.4 Å². The Bertz CT molecular complexity index is 420. The minimum absolute atomic E-state index is 0.174. The first-order valence-corrected chi connectivity index (χ1v) is 5.69. The maximum atomic E-state index is 12.9. The number of halogens is 1. The van der Waals surface area contributed by atoms with Crippen molar-refractivity contribution in [3.05, 3.63) is 35.6 Å². The van der Waals surface area contributed by atoms with Gasteiger partial charge in [-0.3, -0.25) is 4.79 Å². The number of hydrogen-bond donors (Lipinski definition) is 3. The molecule has 0 aliphatic rings. The summed E-state index contributed by atoms with van der Waals surface area (Å²) in [6, 6.07) is 5.49. The lowest BCUT2D eigenvalue weighted by molar-refractivity contribution is -0.125. The van der Waals surface area contributed by atoms with Crippen LogP contribution in [0.1, 0.15) is 31.9 Å². The third-order valence-electron chi connectivity index (χ3n) is 2.49. The molecule has 0 aliphatic carbocycles. The van der Waals surface area contributed by atoms with E-state index >= 15 is 0 Å². The van der Waals surface area contributed by atoms with Crippen LogP contribution in [0.3, 0.4) is 0 Å². The highest BCUT2D eigenvalue weighted by atomic mass is 19.1. The predicted molar refractivity (Wildman–Crippen MR) is 65.3 cm³/mol. The molecule has 3 N–H and O–H groups in total.